The highest BCUT2D eigenvalue weighted by molar-refractivity contribution is 6.04. The van der Waals surface area contributed by atoms with E-state index < -0.39 is 0 Å². The highest BCUT2D eigenvalue weighted by Gasteiger charge is 2.17. The number of hydrogen-bond donors (Lipinski definition) is 0. The van der Waals surface area contributed by atoms with Crippen LogP contribution in [0, 0.1) is 0 Å². The molecule has 0 fully saturated rings. The average Bonchev–Trinajstić information content (AvgIpc) is 3.01. The summed E-state index contributed by atoms with van der Waals surface area (Å²) in [5.74, 6) is 3.54. The van der Waals surface area contributed by atoms with E-state index in [4.69, 9.17) is 37.9 Å². The molecule has 3 aromatic carbocycles. The summed E-state index contributed by atoms with van der Waals surface area (Å²) < 4.78 is 43.4. The lowest BCUT2D eigenvalue weighted by atomic mass is 10.1. The summed E-state index contributed by atoms with van der Waals surface area (Å²) in [4.78, 5) is 17.5. The number of aliphatic imine (C=N–C) groups is 1. The van der Waals surface area contributed by atoms with Crippen LogP contribution in [-0.4, -0.2) is 68.9 Å². The summed E-state index contributed by atoms with van der Waals surface area (Å²) in [6, 6.07) is 10.5. The molecule has 3 aromatic rings. The highest BCUT2D eigenvalue weighted by atomic mass is 16.5. The van der Waals surface area contributed by atoms with Crippen LogP contribution in [0.4, 0.5) is 5.69 Å². The van der Waals surface area contributed by atoms with Crippen molar-refractivity contribution in [3.05, 3.63) is 53.1 Å². The highest BCUT2D eigenvalue weighted by Crippen LogP contribution is 2.41. The largest absolute Gasteiger partial charge is 0.493 e. The lowest BCUT2D eigenvalue weighted by molar-refractivity contribution is 0.100. The van der Waals surface area contributed by atoms with Gasteiger partial charge in [-0.15, -0.1) is 0 Å². The van der Waals surface area contributed by atoms with E-state index in [1.807, 2.05) is 36.4 Å². The Morgan fingerprint density at radius 1 is 0.561 bits per heavy atom. The van der Waals surface area contributed by atoms with Crippen molar-refractivity contribution < 1.29 is 42.7 Å². The Morgan fingerprint density at radius 2 is 0.951 bits per heavy atom. The smallest absolute Gasteiger partial charge is 0.203 e. The standard InChI is InChI=1S/C31H35NO9/c1-34-24-14-19(9-10-20-15-25(35-2)30(40-7)26(16-20)36-3)13-22(29(24)39-6)32-12-11-23(33)21-17-27(37-4)31(41-8)28(18-21)38-5/h9-10,12-18H,11H2,1-8H3/b10-9-,32-12?. The van der Waals surface area contributed by atoms with Gasteiger partial charge in [-0.2, -0.15) is 0 Å². The lowest BCUT2D eigenvalue weighted by Crippen LogP contribution is -2.03. The molecule has 0 atom stereocenters. The molecular weight excluding hydrogens is 530 g/mol. The zero-order valence-corrected chi connectivity index (χ0v) is 24.5. The molecule has 0 aliphatic rings. The number of benzene rings is 3. The first-order valence-electron chi connectivity index (χ1n) is 12.5. The Morgan fingerprint density at radius 3 is 1.37 bits per heavy atom. The van der Waals surface area contributed by atoms with Crippen molar-refractivity contribution in [2.75, 3.05) is 56.9 Å². The first-order valence-corrected chi connectivity index (χ1v) is 12.5. The van der Waals surface area contributed by atoms with Crippen molar-refractivity contribution in [3.8, 4) is 46.0 Å². The second-order valence-corrected chi connectivity index (χ2v) is 8.42. The fourth-order valence-corrected chi connectivity index (χ4v) is 4.13. The molecule has 0 aliphatic heterocycles. The molecule has 41 heavy (non-hydrogen) atoms. The van der Waals surface area contributed by atoms with Gasteiger partial charge < -0.3 is 37.9 Å². The van der Waals surface area contributed by atoms with E-state index in [1.54, 1.807) is 40.6 Å². The molecule has 0 aliphatic carbocycles. The number of nitrogens with zero attached hydrogens (tertiary/aromatic N) is 1. The van der Waals surface area contributed by atoms with Crippen LogP contribution in [0.2, 0.25) is 0 Å². The fourth-order valence-electron chi connectivity index (χ4n) is 4.13. The van der Waals surface area contributed by atoms with Crippen molar-refractivity contribution in [2.45, 2.75) is 6.42 Å². The van der Waals surface area contributed by atoms with Gasteiger partial charge in [-0.05, 0) is 47.5 Å². The molecule has 0 heterocycles. The van der Waals surface area contributed by atoms with Gasteiger partial charge in [-0.3, -0.25) is 9.79 Å². The van der Waals surface area contributed by atoms with Crippen LogP contribution in [0.5, 0.6) is 46.0 Å². The molecule has 10 heteroatoms. The molecule has 0 spiro atoms. The SMILES string of the molecule is COc1cc(/C=C\c2cc(OC)c(OC)c(OC)c2)cc(N=CCC(=O)c2cc(OC)c(OC)c(OC)c2)c1OC. The Bertz CT molecular complexity index is 1380. The predicted octanol–water partition coefficient (Wildman–Crippen LogP) is 5.90. The predicted molar refractivity (Wildman–Crippen MR) is 158 cm³/mol. The molecule has 0 N–H and O–H groups in total. The Hall–Kier alpha value is -4.86. The number of Topliss-reactive ketones (excluding diaryl/α,β-unsaturated/α-hetero) is 1. The van der Waals surface area contributed by atoms with Crippen molar-refractivity contribution >= 4 is 29.8 Å². The molecule has 0 saturated carbocycles. The van der Waals surface area contributed by atoms with Crippen molar-refractivity contribution in [1.82, 2.24) is 0 Å². The molecule has 0 bridgehead atoms. The topological polar surface area (TPSA) is 103 Å². The third kappa shape index (κ3) is 7.02. The summed E-state index contributed by atoms with van der Waals surface area (Å²) in [7, 11) is 12.3. The molecular formula is C31H35NO9. The molecule has 0 unspecified atom stereocenters. The number of methoxy groups -OCH3 is 8. The first-order chi connectivity index (χ1) is 19.9. The van der Waals surface area contributed by atoms with Crippen LogP contribution in [0.25, 0.3) is 12.2 Å². The van der Waals surface area contributed by atoms with Crippen LogP contribution in [0.3, 0.4) is 0 Å². The van der Waals surface area contributed by atoms with Crippen LogP contribution >= 0.6 is 0 Å². The van der Waals surface area contributed by atoms with Gasteiger partial charge in [-0.25, -0.2) is 0 Å². The van der Waals surface area contributed by atoms with Crippen LogP contribution in [-0.2, 0) is 0 Å². The third-order valence-corrected chi connectivity index (χ3v) is 6.13. The Balaban J connectivity index is 1.91. The summed E-state index contributed by atoms with van der Waals surface area (Å²) in [6.07, 6.45) is 5.33. The first kappa shape index (κ1) is 30.7. The van der Waals surface area contributed by atoms with Crippen LogP contribution < -0.4 is 37.9 Å². The quantitative estimate of drug-likeness (QED) is 0.134. The van der Waals surface area contributed by atoms with Gasteiger partial charge in [0.1, 0.15) is 5.69 Å². The van der Waals surface area contributed by atoms with E-state index >= 15 is 0 Å². The monoisotopic (exact) mass is 565 g/mol. The zero-order chi connectivity index (χ0) is 29.9. The second-order valence-electron chi connectivity index (χ2n) is 8.42. The van der Waals surface area contributed by atoms with E-state index in [1.165, 1.54) is 34.7 Å². The average molecular weight is 566 g/mol. The van der Waals surface area contributed by atoms with E-state index in [0.29, 0.717) is 57.2 Å². The van der Waals surface area contributed by atoms with Gasteiger partial charge in [0.2, 0.25) is 11.5 Å². The summed E-state index contributed by atoms with van der Waals surface area (Å²) in [5, 5.41) is 0. The minimum atomic E-state index is -0.183. The van der Waals surface area contributed by atoms with Gasteiger partial charge in [0, 0.05) is 18.2 Å². The van der Waals surface area contributed by atoms with Crippen LogP contribution in [0.1, 0.15) is 27.9 Å². The molecule has 0 aromatic heterocycles. The maximum Gasteiger partial charge on any atom is 0.203 e. The lowest BCUT2D eigenvalue weighted by Gasteiger charge is -2.13. The Kier molecular flexibility index (Phi) is 10.9. The number of hydrogen-bond acceptors (Lipinski definition) is 10. The molecule has 0 amide bonds. The molecule has 0 saturated heterocycles. The summed E-state index contributed by atoms with van der Waals surface area (Å²) in [6.45, 7) is 0. The van der Waals surface area contributed by atoms with Gasteiger partial charge in [0.25, 0.3) is 0 Å². The zero-order valence-electron chi connectivity index (χ0n) is 24.5. The molecule has 3 rings (SSSR count). The number of carbonyl (C=O) groups excluding carboxylic acids is 1. The van der Waals surface area contributed by atoms with E-state index in [2.05, 4.69) is 4.99 Å². The van der Waals surface area contributed by atoms with E-state index in [0.717, 1.165) is 11.1 Å². The molecule has 218 valence electrons. The van der Waals surface area contributed by atoms with Crippen molar-refractivity contribution in [2.24, 2.45) is 4.99 Å². The number of rotatable bonds is 14. The fraction of sp³-hybridized carbons (Fsp3) is 0.290. The van der Waals surface area contributed by atoms with E-state index in [9.17, 15) is 4.79 Å². The number of ketones is 1. The normalized spacial score (nSPS) is 10.9. The van der Waals surface area contributed by atoms with Gasteiger partial charge in [0.15, 0.2) is 40.3 Å². The Labute approximate surface area is 240 Å². The maximum atomic E-state index is 13.0. The number of ether oxygens (including phenoxy) is 8. The van der Waals surface area contributed by atoms with E-state index in [-0.39, 0.29) is 12.2 Å². The third-order valence-electron chi connectivity index (χ3n) is 6.13. The minimum absolute atomic E-state index is 0.0234. The van der Waals surface area contributed by atoms with Gasteiger partial charge >= 0.3 is 0 Å². The summed E-state index contributed by atoms with van der Waals surface area (Å²) >= 11 is 0. The minimum Gasteiger partial charge on any atom is -0.493 e. The maximum absolute atomic E-state index is 13.0. The van der Waals surface area contributed by atoms with Crippen LogP contribution in [0.15, 0.2) is 41.4 Å². The van der Waals surface area contributed by atoms with Crippen molar-refractivity contribution in [3.63, 3.8) is 0 Å². The summed E-state index contributed by atoms with van der Waals surface area (Å²) in [5.41, 5.74) is 2.52. The number of carbonyl (C=O) groups is 1. The second kappa shape index (κ2) is 14.5. The van der Waals surface area contributed by atoms with Gasteiger partial charge in [0.05, 0.1) is 56.9 Å². The molecule has 10 nitrogen and oxygen atoms in total. The molecule has 0 radical (unpaired) electrons. The van der Waals surface area contributed by atoms with Gasteiger partial charge in [-0.1, -0.05) is 12.2 Å². The van der Waals surface area contributed by atoms with Crippen molar-refractivity contribution in [1.29, 1.82) is 0 Å².